The van der Waals surface area contributed by atoms with Crippen LogP contribution < -0.4 is 10.2 Å². The van der Waals surface area contributed by atoms with Gasteiger partial charge in [0, 0.05) is 19.1 Å². The zero-order valence-electron chi connectivity index (χ0n) is 14.4. The van der Waals surface area contributed by atoms with Crippen LogP contribution in [-0.2, 0) is 4.79 Å². The van der Waals surface area contributed by atoms with Crippen LogP contribution in [0.4, 0.5) is 11.6 Å². The molecule has 0 radical (unpaired) electrons. The zero-order chi connectivity index (χ0) is 19.0. The van der Waals surface area contributed by atoms with Gasteiger partial charge in [0.2, 0.25) is 11.9 Å². The van der Waals surface area contributed by atoms with E-state index in [1.807, 2.05) is 0 Å². The number of anilines is 2. The van der Waals surface area contributed by atoms with E-state index in [9.17, 15) is 4.79 Å². The smallest absolute Gasteiger partial charge is 0.234 e. The molecule has 0 unspecified atom stereocenters. The Bertz CT molecular complexity index is 864. The number of halogens is 3. The summed E-state index contributed by atoms with van der Waals surface area (Å²) in [5.74, 6) is 0.959. The number of carbonyl (C=O) groups excluding carboxylic acids is 1. The lowest BCUT2D eigenvalue weighted by molar-refractivity contribution is -0.113. The average Bonchev–Trinajstić information content (AvgIpc) is 3.16. The van der Waals surface area contributed by atoms with Gasteiger partial charge in [0.1, 0.15) is 0 Å². The molecule has 1 aliphatic heterocycles. The number of aromatic nitrogens is 3. The fourth-order valence-corrected chi connectivity index (χ4v) is 4.48. The summed E-state index contributed by atoms with van der Waals surface area (Å²) in [4.78, 5) is 14.6. The quantitative estimate of drug-likeness (QED) is 0.505. The first-order valence-corrected chi connectivity index (χ1v) is 10.9. The summed E-state index contributed by atoms with van der Waals surface area (Å²) in [5.41, 5.74) is 0.443. The molecule has 2 aliphatic rings. The SMILES string of the molecule is O=C(CSc1nnc(N2CCCC2)n1C1CC1)Nc1cc(Cl)c(Cl)cc1Cl. The second-order valence-corrected chi connectivity index (χ2v) is 8.83. The van der Waals surface area contributed by atoms with Crippen molar-refractivity contribution in [1.29, 1.82) is 0 Å². The van der Waals surface area contributed by atoms with E-state index < -0.39 is 0 Å². The van der Waals surface area contributed by atoms with Crippen LogP contribution in [0, 0.1) is 0 Å². The van der Waals surface area contributed by atoms with Crippen molar-refractivity contribution >= 4 is 64.1 Å². The molecule has 2 heterocycles. The van der Waals surface area contributed by atoms with Crippen molar-refractivity contribution in [2.45, 2.75) is 36.9 Å². The standard InChI is InChI=1S/C17H18Cl3N5OS/c18-11-7-13(20)14(8-12(11)19)21-15(26)9-27-17-23-22-16(24-5-1-2-6-24)25(17)10-3-4-10/h7-8,10H,1-6,9H2,(H,21,26). The van der Waals surface area contributed by atoms with Gasteiger partial charge in [-0.2, -0.15) is 0 Å². The Labute approximate surface area is 176 Å². The van der Waals surface area contributed by atoms with Crippen LogP contribution in [0.1, 0.15) is 31.7 Å². The van der Waals surface area contributed by atoms with Gasteiger partial charge in [0.05, 0.1) is 26.5 Å². The summed E-state index contributed by atoms with van der Waals surface area (Å²) in [6.07, 6.45) is 4.65. The maximum atomic E-state index is 12.4. The fourth-order valence-electron chi connectivity index (χ4n) is 3.09. The first kappa shape index (κ1) is 19.2. The molecule has 1 N–H and O–H groups in total. The Morgan fingerprint density at radius 2 is 1.81 bits per heavy atom. The minimum atomic E-state index is -0.187. The molecule has 1 saturated carbocycles. The minimum absolute atomic E-state index is 0.187. The van der Waals surface area contributed by atoms with Crippen LogP contribution in [0.15, 0.2) is 17.3 Å². The highest BCUT2D eigenvalue weighted by molar-refractivity contribution is 7.99. The third-order valence-electron chi connectivity index (χ3n) is 4.56. The first-order chi connectivity index (χ1) is 13.0. The highest BCUT2D eigenvalue weighted by Gasteiger charge is 2.32. The number of thioether (sulfide) groups is 1. The van der Waals surface area contributed by atoms with Crippen LogP contribution in [0.3, 0.4) is 0 Å². The Morgan fingerprint density at radius 1 is 1.11 bits per heavy atom. The second-order valence-electron chi connectivity index (χ2n) is 6.66. The van der Waals surface area contributed by atoms with E-state index in [-0.39, 0.29) is 11.7 Å². The van der Waals surface area contributed by atoms with Crippen LogP contribution in [0.2, 0.25) is 15.1 Å². The molecule has 1 aromatic carbocycles. The fraction of sp³-hybridized carbons (Fsp3) is 0.471. The number of benzene rings is 1. The zero-order valence-corrected chi connectivity index (χ0v) is 17.5. The Kier molecular flexibility index (Phi) is 5.73. The van der Waals surface area contributed by atoms with Crippen LogP contribution >= 0.6 is 46.6 Å². The van der Waals surface area contributed by atoms with Gasteiger partial charge < -0.3 is 10.2 Å². The van der Waals surface area contributed by atoms with E-state index in [1.165, 1.54) is 30.7 Å². The van der Waals surface area contributed by atoms with Crippen LogP contribution in [0.5, 0.6) is 0 Å². The van der Waals surface area contributed by atoms with Gasteiger partial charge in [0.25, 0.3) is 0 Å². The molecule has 1 amide bonds. The van der Waals surface area contributed by atoms with E-state index in [1.54, 1.807) is 6.07 Å². The molecule has 1 saturated heterocycles. The molecular weight excluding hydrogens is 429 g/mol. The number of nitrogens with one attached hydrogen (secondary N) is 1. The summed E-state index contributed by atoms with van der Waals surface area (Å²) < 4.78 is 2.19. The summed E-state index contributed by atoms with van der Waals surface area (Å²) in [7, 11) is 0. The molecule has 0 spiro atoms. The summed E-state index contributed by atoms with van der Waals surface area (Å²) in [6, 6.07) is 3.51. The molecule has 2 aromatic rings. The van der Waals surface area contributed by atoms with Gasteiger partial charge in [-0.1, -0.05) is 46.6 Å². The Hall–Kier alpha value is -1.15. The molecule has 2 fully saturated rings. The molecule has 27 heavy (non-hydrogen) atoms. The van der Waals surface area contributed by atoms with Gasteiger partial charge in [0.15, 0.2) is 5.16 Å². The van der Waals surface area contributed by atoms with E-state index in [0.717, 1.165) is 37.0 Å². The first-order valence-electron chi connectivity index (χ1n) is 8.80. The highest BCUT2D eigenvalue weighted by atomic mass is 35.5. The van der Waals surface area contributed by atoms with Gasteiger partial charge in [-0.05, 0) is 37.8 Å². The van der Waals surface area contributed by atoms with Crippen molar-refractivity contribution in [3.8, 4) is 0 Å². The van der Waals surface area contributed by atoms with Gasteiger partial charge >= 0.3 is 0 Å². The van der Waals surface area contributed by atoms with E-state index in [0.29, 0.717) is 26.8 Å². The largest absolute Gasteiger partial charge is 0.341 e. The number of carbonyl (C=O) groups is 1. The lowest BCUT2D eigenvalue weighted by Crippen LogP contribution is -2.22. The Balaban J connectivity index is 1.43. The molecule has 144 valence electrons. The minimum Gasteiger partial charge on any atom is -0.341 e. The molecule has 1 aromatic heterocycles. The average molecular weight is 447 g/mol. The van der Waals surface area contributed by atoms with Gasteiger partial charge in [-0.15, -0.1) is 10.2 Å². The maximum Gasteiger partial charge on any atom is 0.234 e. The van der Waals surface area contributed by atoms with Gasteiger partial charge in [-0.3, -0.25) is 9.36 Å². The number of amides is 1. The van der Waals surface area contributed by atoms with Crippen LogP contribution in [0.25, 0.3) is 0 Å². The number of hydrogen-bond donors (Lipinski definition) is 1. The van der Waals surface area contributed by atoms with Gasteiger partial charge in [-0.25, -0.2) is 0 Å². The normalized spacial score (nSPS) is 16.8. The van der Waals surface area contributed by atoms with E-state index in [2.05, 4.69) is 25.0 Å². The number of nitrogens with zero attached hydrogens (tertiary/aromatic N) is 4. The van der Waals surface area contributed by atoms with Crippen molar-refractivity contribution < 1.29 is 4.79 Å². The van der Waals surface area contributed by atoms with Crippen molar-refractivity contribution in [3.05, 3.63) is 27.2 Å². The lowest BCUT2D eigenvalue weighted by Gasteiger charge is -2.17. The molecular formula is C17H18Cl3N5OS. The molecule has 10 heteroatoms. The highest BCUT2D eigenvalue weighted by Crippen LogP contribution is 2.41. The molecule has 0 bridgehead atoms. The summed E-state index contributed by atoms with van der Waals surface area (Å²) >= 11 is 19.4. The second kappa shape index (κ2) is 8.07. The summed E-state index contributed by atoms with van der Waals surface area (Å²) in [5, 5.41) is 13.3. The third kappa shape index (κ3) is 4.31. The lowest BCUT2D eigenvalue weighted by atomic mass is 10.3. The Morgan fingerprint density at radius 3 is 2.52 bits per heavy atom. The summed E-state index contributed by atoms with van der Waals surface area (Å²) in [6.45, 7) is 2.04. The van der Waals surface area contributed by atoms with Crippen molar-refractivity contribution in [2.75, 3.05) is 29.1 Å². The number of rotatable bonds is 6. The van der Waals surface area contributed by atoms with E-state index >= 15 is 0 Å². The molecule has 0 atom stereocenters. The van der Waals surface area contributed by atoms with E-state index in [4.69, 9.17) is 34.8 Å². The predicted molar refractivity (Wildman–Crippen MR) is 111 cm³/mol. The predicted octanol–water partition coefficient (Wildman–Crippen LogP) is 4.90. The molecule has 4 rings (SSSR count). The maximum absolute atomic E-state index is 12.4. The number of hydrogen-bond acceptors (Lipinski definition) is 5. The third-order valence-corrected chi connectivity index (χ3v) is 6.54. The van der Waals surface area contributed by atoms with Crippen molar-refractivity contribution in [1.82, 2.24) is 14.8 Å². The van der Waals surface area contributed by atoms with Crippen molar-refractivity contribution in [2.24, 2.45) is 0 Å². The molecule has 1 aliphatic carbocycles. The van der Waals surface area contributed by atoms with Crippen LogP contribution in [-0.4, -0.2) is 39.5 Å². The monoisotopic (exact) mass is 445 g/mol. The molecule has 6 nitrogen and oxygen atoms in total. The van der Waals surface area contributed by atoms with Crippen molar-refractivity contribution in [3.63, 3.8) is 0 Å². The topological polar surface area (TPSA) is 63.1 Å².